The highest BCUT2D eigenvalue weighted by Gasteiger charge is 2.31. The number of hydrogen-bond donors (Lipinski definition) is 2. The van der Waals surface area contributed by atoms with Crippen LogP contribution in [0.2, 0.25) is 0 Å². The van der Waals surface area contributed by atoms with Crippen LogP contribution in [0, 0.1) is 5.41 Å². The Hall–Kier alpha value is -1.14. The maximum absolute atomic E-state index is 12.0. The smallest absolute Gasteiger partial charge is 0.311 e. The van der Waals surface area contributed by atoms with E-state index in [1.165, 1.54) is 0 Å². The summed E-state index contributed by atoms with van der Waals surface area (Å²) in [7, 11) is 2.12. The third kappa shape index (κ3) is 3.93. The lowest BCUT2D eigenvalue weighted by Crippen LogP contribution is -2.52. The Morgan fingerprint density at radius 2 is 1.75 bits per heavy atom. The lowest BCUT2D eigenvalue weighted by atomic mass is 9.80. The number of rotatable bonds is 2. The maximum atomic E-state index is 12.0. The summed E-state index contributed by atoms with van der Waals surface area (Å²) in [6.45, 7) is 7.66. The van der Waals surface area contributed by atoms with Gasteiger partial charge in [-0.05, 0) is 38.4 Å². The van der Waals surface area contributed by atoms with Crippen LogP contribution in [0.1, 0.15) is 19.8 Å². The summed E-state index contributed by atoms with van der Waals surface area (Å²) in [5, 5.41) is 6.01. The van der Waals surface area contributed by atoms with Crippen molar-refractivity contribution >= 4 is 11.8 Å². The van der Waals surface area contributed by atoms with Crippen LogP contribution in [-0.2, 0) is 9.59 Å². The summed E-state index contributed by atoms with van der Waals surface area (Å²) in [4.78, 5) is 27.9. The van der Waals surface area contributed by atoms with E-state index < -0.39 is 5.91 Å². The zero-order valence-electron chi connectivity index (χ0n) is 12.6. The van der Waals surface area contributed by atoms with Gasteiger partial charge in [-0.3, -0.25) is 9.59 Å². The second-order valence-electron chi connectivity index (χ2n) is 6.34. The Kier molecular flexibility index (Phi) is 4.99. The van der Waals surface area contributed by atoms with Crippen molar-refractivity contribution in [3.8, 4) is 0 Å². The number of carbonyl (C=O) groups excluding carboxylic acids is 2. The molecule has 0 atom stereocenters. The highest BCUT2D eigenvalue weighted by atomic mass is 16.2. The third-order valence-electron chi connectivity index (χ3n) is 4.47. The van der Waals surface area contributed by atoms with Crippen LogP contribution in [-0.4, -0.2) is 74.5 Å². The number of piperidine rings is 1. The largest absolute Gasteiger partial charge is 0.347 e. The van der Waals surface area contributed by atoms with Crippen molar-refractivity contribution in [1.82, 2.24) is 20.4 Å². The lowest BCUT2D eigenvalue weighted by molar-refractivity contribution is -0.146. The van der Waals surface area contributed by atoms with Crippen LogP contribution in [0.25, 0.3) is 0 Å². The Balaban J connectivity index is 1.78. The van der Waals surface area contributed by atoms with Crippen molar-refractivity contribution in [2.24, 2.45) is 5.41 Å². The zero-order valence-corrected chi connectivity index (χ0v) is 12.6. The first-order chi connectivity index (χ1) is 9.50. The molecule has 0 spiro atoms. The van der Waals surface area contributed by atoms with Gasteiger partial charge in [-0.15, -0.1) is 0 Å². The second kappa shape index (κ2) is 6.54. The van der Waals surface area contributed by atoms with E-state index in [9.17, 15) is 9.59 Å². The highest BCUT2D eigenvalue weighted by molar-refractivity contribution is 6.35. The van der Waals surface area contributed by atoms with E-state index in [1.54, 1.807) is 4.90 Å². The molecule has 0 aromatic heterocycles. The number of carbonyl (C=O) groups is 2. The molecule has 0 aliphatic carbocycles. The molecule has 2 aliphatic rings. The molecule has 0 bridgehead atoms. The Morgan fingerprint density at radius 3 is 2.35 bits per heavy atom. The summed E-state index contributed by atoms with van der Waals surface area (Å²) >= 11 is 0. The van der Waals surface area contributed by atoms with Gasteiger partial charge in [0.15, 0.2) is 0 Å². The summed E-state index contributed by atoms with van der Waals surface area (Å²) in [5.74, 6) is -0.838. The number of nitrogens with one attached hydrogen (secondary N) is 2. The summed E-state index contributed by atoms with van der Waals surface area (Å²) in [5.41, 5.74) is 0.117. The summed E-state index contributed by atoms with van der Waals surface area (Å²) in [6, 6.07) is 0. The molecule has 2 aliphatic heterocycles. The monoisotopic (exact) mass is 282 g/mol. The van der Waals surface area contributed by atoms with Crippen molar-refractivity contribution in [2.45, 2.75) is 19.8 Å². The van der Waals surface area contributed by atoms with E-state index in [1.807, 2.05) is 0 Å². The molecule has 0 unspecified atom stereocenters. The van der Waals surface area contributed by atoms with Gasteiger partial charge in [0.2, 0.25) is 0 Å². The van der Waals surface area contributed by atoms with Gasteiger partial charge < -0.3 is 20.4 Å². The van der Waals surface area contributed by atoms with E-state index in [2.05, 4.69) is 29.5 Å². The third-order valence-corrected chi connectivity index (χ3v) is 4.47. The SMILES string of the molecule is CN1CCC(C)(CNC(=O)C(=O)N2CCNCC2)CC1. The van der Waals surface area contributed by atoms with Gasteiger partial charge >= 0.3 is 11.8 Å². The van der Waals surface area contributed by atoms with E-state index >= 15 is 0 Å². The van der Waals surface area contributed by atoms with Gasteiger partial charge in [-0.25, -0.2) is 0 Å². The predicted octanol–water partition coefficient (Wildman–Crippen LogP) is -0.734. The van der Waals surface area contributed by atoms with Gasteiger partial charge in [0.25, 0.3) is 0 Å². The molecule has 0 aromatic rings. The van der Waals surface area contributed by atoms with Crippen LogP contribution in [0.3, 0.4) is 0 Å². The second-order valence-corrected chi connectivity index (χ2v) is 6.34. The molecule has 20 heavy (non-hydrogen) atoms. The molecule has 6 heteroatoms. The van der Waals surface area contributed by atoms with Gasteiger partial charge in [0.1, 0.15) is 0 Å². The average Bonchev–Trinajstić information content (AvgIpc) is 2.48. The Bertz CT molecular complexity index is 358. The van der Waals surface area contributed by atoms with Gasteiger partial charge in [0, 0.05) is 32.7 Å². The molecule has 2 rings (SSSR count). The van der Waals surface area contributed by atoms with Gasteiger partial charge in [-0.2, -0.15) is 0 Å². The fourth-order valence-electron chi connectivity index (χ4n) is 2.72. The molecule has 2 fully saturated rings. The number of amides is 2. The molecular formula is C14H26N4O2. The van der Waals surface area contributed by atoms with E-state index in [-0.39, 0.29) is 11.3 Å². The predicted molar refractivity (Wildman–Crippen MR) is 77.3 cm³/mol. The number of hydrogen-bond acceptors (Lipinski definition) is 4. The number of nitrogens with zero attached hydrogens (tertiary/aromatic N) is 2. The Labute approximate surface area is 120 Å². The molecule has 0 saturated carbocycles. The minimum absolute atomic E-state index is 0.117. The van der Waals surface area contributed by atoms with Crippen LogP contribution in [0.4, 0.5) is 0 Å². The average molecular weight is 282 g/mol. The molecule has 2 saturated heterocycles. The quantitative estimate of drug-likeness (QED) is 0.655. The van der Waals surface area contributed by atoms with E-state index in [0.717, 1.165) is 39.0 Å². The molecule has 2 amide bonds. The fraction of sp³-hybridized carbons (Fsp3) is 0.857. The zero-order chi connectivity index (χ0) is 14.6. The van der Waals surface area contributed by atoms with Crippen LogP contribution >= 0.6 is 0 Å². The van der Waals surface area contributed by atoms with Crippen molar-refractivity contribution in [3.63, 3.8) is 0 Å². The fourth-order valence-corrected chi connectivity index (χ4v) is 2.72. The van der Waals surface area contributed by atoms with E-state index in [0.29, 0.717) is 19.6 Å². The van der Waals surface area contributed by atoms with Gasteiger partial charge in [-0.1, -0.05) is 6.92 Å². The molecule has 114 valence electrons. The number of likely N-dealkylation sites (tertiary alicyclic amines) is 1. The standard InChI is InChI=1S/C14H26N4O2/c1-14(3-7-17(2)8-4-14)11-16-12(19)13(20)18-9-5-15-6-10-18/h15H,3-11H2,1-2H3,(H,16,19). The molecular weight excluding hydrogens is 256 g/mol. The molecule has 0 radical (unpaired) electrons. The maximum Gasteiger partial charge on any atom is 0.311 e. The molecule has 6 nitrogen and oxygen atoms in total. The normalized spacial score (nSPS) is 23.4. The van der Waals surface area contributed by atoms with Crippen molar-refractivity contribution in [2.75, 3.05) is 52.9 Å². The topological polar surface area (TPSA) is 64.7 Å². The van der Waals surface area contributed by atoms with Crippen LogP contribution < -0.4 is 10.6 Å². The number of piperazine rings is 1. The van der Waals surface area contributed by atoms with Crippen molar-refractivity contribution < 1.29 is 9.59 Å². The molecule has 2 heterocycles. The summed E-state index contributed by atoms with van der Waals surface area (Å²) < 4.78 is 0. The minimum Gasteiger partial charge on any atom is -0.347 e. The van der Waals surface area contributed by atoms with Crippen LogP contribution in [0.5, 0.6) is 0 Å². The van der Waals surface area contributed by atoms with E-state index in [4.69, 9.17) is 0 Å². The van der Waals surface area contributed by atoms with Crippen molar-refractivity contribution in [3.05, 3.63) is 0 Å². The minimum atomic E-state index is -0.452. The van der Waals surface area contributed by atoms with Gasteiger partial charge in [0.05, 0.1) is 0 Å². The summed E-state index contributed by atoms with van der Waals surface area (Å²) in [6.07, 6.45) is 2.12. The highest BCUT2D eigenvalue weighted by Crippen LogP contribution is 2.29. The first kappa shape index (κ1) is 15.3. The molecule has 2 N–H and O–H groups in total. The first-order valence-corrected chi connectivity index (χ1v) is 7.47. The Morgan fingerprint density at radius 1 is 1.15 bits per heavy atom. The molecule has 0 aromatic carbocycles. The van der Waals surface area contributed by atoms with Crippen molar-refractivity contribution in [1.29, 1.82) is 0 Å². The van der Waals surface area contributed by atoms with Crippen LogP contribution in [0.15, 0.2) is 0 Å². The lowest BCUT2D eigenvalue weighted by Gasteiger charge is -2.38. The first-order valence-electron chi connectivity index (χ1n) is 7.47.